The Morgan fingerprint density at radius 3 is 2.88 bits per heavy atom. The molecule has 2 atom stereocenters. The quantitative estimate of drug-likeness (QED) is 0.667. The van der Waals surface area contributed by atoms with Crippen molar-refractivity contribution in [1.29, 1.82) is 0 Å². The van der Waals surface area contributed by atoms with Crippen LogP contribution in [0.25, 0.3) is 10.9 Å². The summed E-state index contributed by atoms with van der Waals surface area (Å²) in [6, 6.07) is 5.14. The summed E-state index contributed by atoms with van der Waals surface area (Å²) in [5.41, 5.74) is 6.38. The standard InChI is InChI=1S/C20H27N3OS/c1-4-9-21-10-5-6-15-16-8-7-13(2)20-19(16)17(11-18(15)21)14(3)23(20)22(25)12-24/h7-8,12,15,18,25H,4-6,9-11H2,1-3H3/t15-,18-/m1/s1. The molecular weight excluding hydrogens is 330 g/mol. The molecule has 25 heavy (non-hydrogen) atoms. The lowest BCUT2D eigenvalue weighted by molar-refractivity contribution is -0.107. The monoisotopic (exact) mass is 357 g/mol. The van der Waals surface area contributed by atoms with Gasteiger partial charge in [-0.05, 0) is 82.1 Å². The van der Waals surface area contributed by atoms with Crippen molar-refractivity contribution < 1.29 is 4.79 Å². The highest BCUT2D eigenvalue weighted by Crippen LogP contribution is 2.46. The maximum Gasteiger partial charge on any atom is 0.238 e. The molecule has 4 rings (SSSR count). The predicted molar refractivity (Wildman–Crippen MR) is 106 cm³/mol. The number of carbonyl (C=O) groups is 1. The van der Waals surface area contributed by atoms with Crippen LogP contribution in [-0.2, 0) is 11.2 Å². The molecule has 1 fully saturated rings. The van der Waals surface area contributed by atoms with E-state index >= 15 is 0 Å². The summed E-state index contributed by atoms with van der Waals surface area (Å²) in [6.07, 6.45) is 5.61. The highest BCUT2D eigenvalue weighted by molar-refractivity contribution is 7.82. The summed E-state index contributed by atoms with van der Waals surface area (Å²) in [5, 5.41) is 1.37. The lowest BCUT2D eigenvalue weighted by Gasteiger charge is -2.44. The third kappa shape index (κ3) is 2.43. The van der Waals surface area contributed by atoms with Crippen molar-refractivity contribution in [2.45, 2.75) is 58.4 Å². The van der Waals surface area contributed by atoms with Gasteiger partial charge in [0.25, 0.3) is 0 Å². The van der Waals surface area contributed by atoms with Gasteiger partial charge in [0.1, 0.15) is 0 Å². The minimum atomic E-state index is 0.589. The van der Waals surface area contributed by atoms with Gasteiger partial charge in [-0.3, -0.25) is 9.69 Å². The maximum absolute atomic E-state index is 11.4. The Balaban J connectivity index is 1.94. The molecule has 4 nitrogen and oxygen atoms in total. The Morgan fingerprint density at radius 1 is 1.36 bits per heavy atom. The molecule has 1 aromatic carbocycles. The lowest BCUT2D eigenvalue weighted by atomic mass is 9.74. The predicted octanol–water partition coefficient (Wildman–Crippen LogP) is 3.71. The number of hydrogen-bond donors (Lipinski definition) is 1. The van der Waals surface area contributed by atoms with Gasteiger partial charge in [0.2, 0.25) is 6.41 Å². The topological polar surface area (TPSA) is 28.5 Å². The van der Waals surface area contributed by atoms with Gasteiger partial charge in [-0.2, -0.15) is 4.41 Å². The molecule has 134 valence electrons. The third-order valence-electron chi connectivity index (χ3n) is 6.20. The van der Waals surface area contributed by atoms with E-state index < -0.39 is 0 Å². The third-order valence-corrected chi connectivity index (χ3v) is 6.47. The molecular formula is C20H27N3OS. The van der Waals surface area contributed by atoms with E-state index in [9.17, 15) is 4.79 Å². The Morgan fingerprint density at radius 2 is 2.16 bits per heavy atom. The fourth-order valence-electron chi connectivity index (χ4n) is 5.17. The number of likely N-dealkylation sites (tertiary alicyclic amines) is 1. The van der Waals surface area contributed by atoms with E-state index in [4.69, 9.17) is 0 Å². The number of benzene rings is 1. The van der Waals surface area contributed by atoms with E-state index in [1.807, 2.05) is 4.68 Å². The highest BCUT2D eigenvalue weighted by atomic mass is 32.1. The number of piperidine rings is 1. The fraction of sp³-hybridized carbons (Fsp3) is 0.550. The van der Waals surface area contributed by atoms with Crippen LogP contribution in [-0.4, -0.2) is 35.1 Å². The molecule has 1 aliphatic carbocycles. The summed E-state index contributed by atoms with van der Waals surface area (Å²) in [4.78, 5) is 14.1. The average molecular weight is 358 g/mol. The molecule has 0 radical (unpaired) electrons. The van der Waals surface area contributed by atoms with Crippen molar-refractivity contribution in [3.63, 3.8) is 0 Å². The number of rotatable bonds is 4. The van der Waals surface area contributed by atoms with Crippen molar-refractivity contribution in [3.8, 4) is 0 Å². The largest absolute Gasteiger partial charge is 0.299 e. The van der Waals surface area contributed by atoms with Gasteiger partial charge in [-0.15, -0.1) is 0 Å². The zero-order chi connectivity index (χ0) is 17.7. The SMILES string of the molecule is CCCN1CCC[C@@H]2c3ccc(C)c4c3c(c(C)n4N(S)C=O)C[C@H]21. The summed E-state index contributed by atoms with van der Waals surface area (Å²) in [6.45, 7) is 8.91. The molecule has 1 saturated heterocycles. The van der Waals surface area contributed by atoms with Crippen molar-refractivity contribution in [1.82, 2.24) is 9.58 Å². The molecule has 2 aliphatic rings. The fourth-order valence-corrected chi connectivity index (χ4v) is 5.40. The summed E-state index contributed by atoms with van der Waals surface area (Å²) < 4.78 is 3.37. The first-order valence-corrected chi connectivity index (χ1v) is 9.79. The molecule has 2 heterocycles. The van der Waals surface area contributed by atoms with Gasteiger partial charge < -0.3 is 0 Å². The van der Waals surface area contributed by atoms with Gasteiger partial charge in [0.05, 0.1) is 5.52 Å². The molecule has 5 heteroatoms. The minimum Gasteiger partial charge on any atom is -0.299 e. The summed E-state index contributed by atoms with van der Waals surface area (Å²) in [7, 11) is 0. The van der Waals surface area contributed by atoms with Gasteiger partial charge >= 0.3 is 0 Å². The normalized spacial score (nSPS) is 22.9. The maximum atomic E-state index is 11.4. The van der Waals surface area contributed by atoms with Crippen LogP contribution in [0.3, 0.4) is 0 Å². The molecule has 1 amide bonds. The lowest BCUT2D eigenvalue weighted by Crippen LogP contribution is -2.47. The smallest absolute Gasteiger partial charge is 0.238 e. The highest BCUT2D eigenvalue weighted by Gasteiger charge is 2.39. The first-order chi connectivity index (χ1) is 12.1. The molecule has 0 spiro atoms. The van der Waals surface area contributed by atoms with Crippen molar-refractivity contribution in [2.75, 3.05) is 17.5 Å². The summed E-state index contributed by atoms with van der Waals surface area (Å²) >= 11 is 4.39. The van der Waals surface area contributed by atoms with E-state index in [0.717, 1.165) is 24.0 Å². The number of hydrogen-bond acceptors (Lipinski definition) is 3. The summed E-state index contributed by atoms with van der Waals surface area (Å²) in [5.74, 6) is 0.607. The molecule has 0 bridgehead atoms. The first-order valence-electron chi connectivity index (χ1n) is 9.39. The second kappa shape index (κ2) is 6.36. The van der Waals surface area contributed by atoms with Gasteiger partial charge in [-0.1, -0.05) is 19.1 Å². The number of amides is 1. The molecule has 1 aromatic heterocycles. The van der Waals surface area contributed by atoms with Crippen LogP contribution in [0.2, 0.25) is 0 Å². The second-order valence-corrected chi connectivity index (χ2v) is 7.96. The van der Waals surface area contributed by atoms with Crippen LogP contribution in [0.5, 0.6) is 0 Å². The van der Waals surface area contributed by atoms with Crippen molar-refractivity contribution in [2.24, 2.45) is 0 Å². The number of nitrogens with zero attached hydrogens (tertiary/aromatic N) is 3. The van der Waals surface area contributed by atoms with E-state index in [2.05, 4.69) is 50.6 Å². The van der Waals surface area contributed by atoms with E-state index in [1.165, 1.54) is 58.8 Å². The van der Waals surface area contributed by atoms with Gasteiger partial charge in [-0.25, -0.2) is 4.68 Å². The Bertz CT molecular complexity index is 826. The Labute approximate surface area is 155 Å². The Hall–Kier alpha value is -1.46. The van der Waals surface area contributed by atoms with Crippen LogP contribution >= 0.6 is 12.8 Å². The number of carbonyl (C=O) groups excluding carboxylic acids is 1. The Kier molecular flexibility index (Phi) is 4.32. The number of aromatic nitrogens is 1. The zero-order valence-electron chi connectivity index (χ0n) is 15.3. The van der Waals surface area contributed by atoms with E-state index in [1.54, 1.807) is 0 Å². The van der Waals surface area contributed by atoms with Gasteiger partial charge in [0, 0.05) is 23.0 Å². The van der Waals surface area contributed by atoms with Crippen LogP contribution < -0.4 is 4.41 Å². The molecule has 2 aromatic rings. The van der Waals surface area contributed by atoms with E-state index in [-0.39, 0.29) is 0 Å². The molecule has 0 N–H and O–H groups in total. The molecule has 0 saturated carbocycles. The molecule has 0 unspecified atom stereocenters. The van der Waals surface area contributed by atoms with E-state index in [0.29, 0.717) is 12.0 Å². The van der Waals surface area contributed by atoms with Crippen molar-refractivity contribution >= 4 is 30.1 Å². The van der Waals surface area contributed by atoms with Gasteiger partial charge in [0.15, 0.2) is 0 Å². The number of thiol groups is 1. The second-order valence-electron chi connectivity index (χ2n) is 7.55. The number of aryl methyl sites for hydroxylation is 1. The average Bonchev–Trinajstić information content (AvgIpc) is 2.91. The number of fused-ring (bicyclic) bond motifs is 2. The van der Waals surface area contributed by atoms with Crippen LogP contribution in [0.15, 0.2) is 12.1 Å². The van der Waals surface area contributed by atoms with Crippen LogP contribution in [0, 0.1) is 13.8 Å². The minimum absolute atomic E-state index is 0.589. The zero-order valence-corrected chi connectivity index (χ0v) is 16.2. The first kappa shape index (κ1) is 17.0. The van der Waals surface area contributed by atoms with Crippen molar-refractivity contribution in [3.05, 3.63) is 34.5 Å². The van der Waals surface area contributed by atoms with Crippen LogP contribution in [0.4, 0.5) is 0 Å². The molecule has 1 aliphatic heterocycles. The van der Waals surface area contributed by atoms with Crippen LogP contribution in [0.1, 0.15) is 54.5 Å².